The molecule has 1 N–H and O–H groups in total. The van der Waals surface area contributed by atoms with Crippen molar-refractivity contribution >= 4 is 17.6 Å². The van der Waals surface area contributed by atoms with Crippen molar-refractivity contribution in [3.05, 3.63) is 22.7 Å². The van der Waals surface area contributed by atoms with E-state index < -0.39 is 11.4 Å². The lowest BCUT2D eigenvalue weighted by molar-refractivity contribution is -0.140. The highest BCUT2D eigenvalue weighted by Crippen LogP contribution is 2.55. The molecule has 0 aromatic heterocycles. The van der Waals surface area contributed by atoms with Crippen LogP contribution in [0, 0.1) is 0 Å². The maximum absolute atomic E-state index is 11.3. The maximum atomic E-state index is 11.3. The number of benzene rings is 1. The summed E-state index contributed by atoms with van der Waals surface area (Å²) in [4.78, 5) is 11.3. The van der Waals surface area contributed by atoms with Gasteiger partial charge in [-0.1, -0.05) is 11.6 Å². The second kappa shape index (κ2) is 3.04. The Kier molecular flexibility index (Phi) is 1.86. The predicted octanol–water partition coefficient (Wildman–Crippen LogP) is 2.18. The molecule has 1 fully saturated rings. The number of fused-ring (bicyclic) bond motifs is 1. The number of hydrogen-bond acceptors (Lipinski definition) is 3. The molecule has 84 valence electrons. The smallest absolute Gasteiger partial charge is 0.314 e. The topological polar surface area (TPSA) is 55.8 Å². The average Bonchev–Trinajstić information content (AvgIpc) is 2.91. The molecule has 0 saturated heterocycles. The number of carboxylic acid groups (broad SMARTS) is 1. The highest BCUT2D eigenvalue weighted by atomic mass is 35.5. The molecule has 0 atom stereocenters. The molecular formula is C11H9ClO4. The van der Waals surface area contributed by atoms with Gasteiger partial charge >= 0.3 is 5.97 Å². The fraction of sp³-hybridized carbons (Fsp3) is 0.364. The Morgan fingerprint density at radius 1 is 1.38 bits per heavy atom. The van der Waals surface area contributed by atoms with Gasteiger partial charge in [0, 0.05) is 16.7 Å². The lowest BCUT2D eigenvalue weighted by Crippen LogP contribution is -2.20. The van der Waals surface area contributed by atoms with Crippen LogP contribution in [-0.4, -0.2) is 17.9 Å². The van der Waals surface area contributed by atoms with Crippen molar-refractivity contribution in [3.63, 3.8) is 0 Å². The highest BCUT2D eigenvalue weighted by molar-refractivity contribution is 6.31. The molecule has 1 heterocycles. The molecule has 1 saturated carbocycles. The molecule has 0 radical (unpaired) electrons. The minimum absolute atomic E-state index is 0.123. The van der Waals surface area contributed by atoms with Gasteiger partial charge < -0.3 is 14.6 Å². The zero-order valence-corrected chi connectivity index (χ0v) is 9.08. The minimum atomic E-state index is -0.826. The summed E-state index contributed by atoms with van der Waals surface area (Å²) < 4.78 is 10.5. The van der Waals surface area contributed by atoms with Crippen molar-refractivity contribution in [2.75, 3.05) is 6.79 Å². The number of hydrogen-bond donors (Lipinski definition) is 1. The van der Waals surface area contributed by atoms with E-state index in [-0.39, 0.29) is 6.79 Å². The molecule has 1 aromatic carbocycles. The van der Waals surface area contributed by atoms with Crippen molar-refractivity contribution in [2.24, 2.45) is 0 Å². The van der Waals surface area contributed by atoms with Gasteiger partial charge in [-0.25, -0.2) is 0 Å². The van der Waals surface area contributed by atoms with Crippen molar-refractivity contribution in [3.8, 4) is 11.5 Å². The van der Waals surface area contributed by atoms with Crippen LogP contribution in [0.25, 0.3) is 0 Å². The van der Waals surface area contributed by atoms with Crippen LogP contribution in [0.3, 0.4) is 0 Å². The number of aliphatic carboxylic acids is 1. The van der Waals surface area contributed by atoms with E-state index in [0.717, 1.165) is 0 Å². The number of rotatable bonds is 2. The molecule has 16 heavy (non-hydrogen) atoms. The van der Waals surface area contributed by atoms with E-state index in [1.54, 1.807) is 12.1 Å². The molecule has 0 spiro atoms. The Morgan fingerprint density at radius 3 is 2.75 bits per heavy atom. The highest BCUT2D eigenvalue weighted by Gasteiger charge is 2.54. The van der Waals surface area contributed by atoms with Gasteiger partial charge in [0.2, 0.25) is 6.79 Å². The Balaban J connectivity index is 2.18. The van der Waals surface area contributed by atoms with E-state index in [4.69, 9.17) is 21.1 Å². The van der Waals surface area contributed by atoms with Gasteiger partial charge in [-0.05, 0) is 18.9 Å². The summed E-state index contributed by atoms with van der Waals surface area (Å²) in [6.07, 6.45) is 1.25. The third-order valence-corrected chi connectivity index (χ3v) is 3.33. The molecule has 1 aromatic rings. The van der Waals surface area contributed by atoms with Crippen molar-refractivity contribution in [1.29, 1.82) is 0 Å². The van der Waals surface area contributed by atoms with Gasteiger partial charge in [0.15, 0.2) is 11.5 Å². The maximum Gasteiger partial charge on any atom is 0.314 e. The van der Waals surface area contributed by atoms with Crippen LogP contribution in [0.1, 0.15) is 18.4 Å². The van der Waals surface area contributed by atoms with Crippen LogP contribution in [0.4, 0.5) is 0 Å². The lowest BCUT2D eigenvalue weighted by atomic mass is 9.95. The standard InChI is InChI=1S/C11H9ClO4/c12-6-3-7(11(1-2-11)10(13)14)9-8(4-6)15-5-16-9/h3-4H,1-2,5H2,(H,13,14). The Hall–Kier alpha value is -1.42. The molecule has 3 rings (SSSR count). The number of carbonyl (C=O) groups is 1. The van der Waals surface area contributed by atoms with Gasteiger partial charge in [0.05, 0.1) is 5.41 Å². The predicted molar refractivity (Wildman–Crippen MR) is 56.1 cm³/mol. The molecule has 4 nitrogen and oxygen atoms in total. The van der Waals surface area contributed by atoms with E-state index in [2.05, 4.69) is 0 Å². The molecule has 5 heteroatoms. The first-order valence-electron chi connectivity index (χ1n) is 4.96. The first-order valence-corrected chi connectivity index (χ1v) is 5.34. The van der Waals surface area contributed by atoms with Gasteiger partial charge in [0.25, 0.3) is 0 Å². The van der Waals surface area contributed by atoms with E-state index >= 15 is 0 Å². The summed E-state index contributed by atoms with van der Waals surface area (Å²) in [7, 11) is 0. The van der Waals surface area contributed by atoms with Crippen LogP contribution >= 0.6 is 11.6 Å². The third kappa shape index (κ3) is 1.19. The summed E-state index contributed by atoms with van der Waals surface area (Å²) in [5.41, 5.74) is -0.178. The number of ether oxygens (including phenoxy) is 2. The van der Waals surface area contributed by atoms with Crippen LogP contribution in [0.2, 0.25) is 5.02 Å². The molecule has 0 amide bonds. The van der Waals surface area contributed by atoms with E-state index in [1.165, 1.54) is 0 Å². The molecule has 2 aliphatic rings. The monoisotopic (exact) mass is 240 g/mol. The number of halogens is 1. The van der Waals surface area contributed by atoms with Crippen LogP contribution in [0.15, 0.2) is 12.1 Å². The number of carboxylic acids is 1. The van der Waals surface area contributed by atoms with E-state index in [9.17, 15) is 9.90 Å². The zero-order valence-electron chi connectivity index (χ0n) is 8.33. The van der Waals surface area contributed by atoms with E-state index in [0.29, 0.717) is 34.9 Å². The molecular weight excluding hydrogens is 232 g/mol. The van der Waals surface area contributed by atoms with Gasteiger partial charge in [-0.3, -0.25) is 4.79 Å². The fourth-order valence-corrected chi connectivity index (χ4v) is 2.26. The van der Waals surface area contributed by atoms with Crippen LogP contribution < -0.4 is 9.47 Å². The minimum Gasteiger partial charge on any atom is -0.481 e. The molecule has 1 aliphatic heterocycles. The lowest BCUT2D eigenvalue weighted by Gasteiger charge is -2.13. The van der Waals surface area contributed by atoms with Gasteiger partial charge in [-0.2, -0.15) is 0 Å². The van der Waals surface area contributed by atoms with Crippen molar-refractivity contribution in [2.45, 2.75) is 18.3 Å². The average molecular weight is 241 g/mol. The second-order valence-corrected chi connectivity index (χ2v) is 4.51. The first-order chi connectivity index (χ1) is 7.63. The van der Waals surface area contributed by atoms with Crippen LogP contribution in [-0.2, 0) is 10.2 Å². The summed E-state index contributed by atoms with van der Waals surface area (Å²) in [6.45, 7) is 0.123. The Bertz CT molecular complexity index is 479. The van der Waals surface area contributed by atoms with Gasteiger partial charge in [0.1, 0.15) is 0 Å². The summed E-state index contributed by atoms with van der Waals surface area (Å²) in [6, 6.07) is 3.31. The Labute approximate surface area is 96.7 Å². The summed E-state index contributed by atoms with van der Waals surface area (Å²) in [5.74, 6) is 0.242. The normalized spacial score (nSPS) is 19.6. The van der Waals surface area contributed by atoms with Crippen molar-refractivity contribution in [1.82, 2.24) is 0 Å². The summed E-state index contributed by atoms with van der Waals surface area (Å²) >= 11 is 5.94. The van der Waals surface area contributed by atoms with Crippen molar-refractivity contribution < 1.29 is 19.4 Å². The first kappa shape index (κ1) is 9.78. The SMILES string of the molecule is O=C(O)C1(c2cc(Cl)cc3c2OCO3)CC1. The second-order valence-electron chi connectivity index (χ2n) is 4.07. The van der Waals surface area contributed by atoms with Crippen LogP contribution in [0.5, 0.6) is 11.5 Å². The Morgan fingerprint density at radius 2 is 2.12 bits per heavy atom. The third-order valence-electron chi connectivity index (χ3n) is 3.11. The van der Waals surface area contributed by atoms with Gasteiger partial charge in [-0.15, -0.1) is 0 Å². The molecule has 1 aliphatic carbocycles. The zero-order chi connectivity index (χ0) is 11.3. The van der Waals surface area contributed by atoms with E-state index in [1.807, 2.05) is 0 Å². The molecule has 0 bridgehead atoms. The largest absolute Gasteiger partial charge is 0.481 e. The quantitative estimate of drug-likeness (QED) is 0.861. The fourth-order valence-electron chi connectivity index (χ4n) is 2.06. The molecule has 0 unspecified atom stereocenters. The summed E-state index contributed by atoms with van der Waals surface area (Å²) in [5, 5.41) is 9.72.